The fraction of sp³-hybridized carbons (Fsp3) is 0.575. The number of benzene rings is 7. The Kier molecular flexibility index (Phi) is 48.3. The molecule has 127 heavy (non-hydrogen) atoms. The molecule has 0 aliphatic heterocycles. The predicted octanol–water partition coefficient (Wildman–Crippen LogP) is 25.1. The SMILES string of the molecule is CCC(C)c1ccc(O)cc1.CCC(C)c1ccc(O)cc1.CCC(C)c1ccc(OC(OC)C(C)(C)C)cc1.CCC(C)c1ccc(OCCCOc2nc(N(COC)COC)nc(N(COC)COC)n2)cc1.CCC(C)c1ccc(OCCOc2c(COC)cc(C)cc2COC)cc1.CCOC(Oc1ccc(C(C)CC)cc1)C12CC3CC(CC(C3)C1)C2. The molecule has 8 atom stereocenters. The van der Waals surface area contributed by atoms with E-state index in [1.807, 2.05) is 60.7 Å². The van der Waals surface area contributed by atoms with E-state index in [1.54, 1.807) is 83.8 Å². The van der Waals surface area contributed by atoms with Crippen molar-refractivity contribution in [2.75, 3.05) is 120 Å². The molecular formula is C106H159N5O16. The molecule has 12 rings (SSSR count). The normalized spacial score (nSPS) is 17.2. The minimum Gasteiger partial charge on any atom is -0.508 e. The molecule has 8 aromatic rings. The Morgan fingerprint density at radius 2 is 0.709 bits per heavy atom. The molecule has 4 aliphatic carbocycles. The van der Waals surface area contributed by atoms with E-state index >= 15 is 0 Å². The van der Waals surface area contributed by atoms with Crippen molar-refractivity contribution in [3.05, 3.63) is 208 Å². The number of methoxy groups -OCH3 is 7. The fourth-order valence-electron chi connectivity index (χ4n) is 16.3. The van der Waals surface area contributed by atoms with Gasteiger partial charge in [0.1, 0.15) is 80.4 Å². The Bertz CT molecular complexity index is 4090. The van der Waals surface area contributed by atoms with Crippen molar-refractivity contribution in [1.29, 1.82) is 0 Å². The first kappa shape index (κ1) is 107. The molecule has 4 bridgehead atoms. The highest BCUT2D eigenvalue weighted by Gasteiger charge is 2.56. The fourth-order valence-corrected chi connectivity index (χ4v) is 16.3. The molecule has 0 radical (unpaired) electrons. The molecule has 4 saturated carbocycles. The van der Waals surface area contributed by atoms with Crippen molar-refractivity contribution in [2.45, 2.75) is 262 Å². The molecule has 0 spiro atoms. The van der Waals surface area contributed by atoms with Gasteiger partial charge < -0.3 is 76.5 Å². The number of phenolic OH excluding ortho intramolecular Hbond substituents is 2. The summed E-state index contributed by atoms with van der Waals surface area (Å²) in [5.41, 5.74) is 11.5. The average molecular weight is 1760 g/mol. The number of phenols is 2. The summed E-state index contributed by atoms with van der Waals surface area (Å²) in [5.74, 6) is 12.0. The summed E-state index contributed by atoms with van der Waals surface area (Å²) >= 11 is 0. The predicted molar refractivity (Wildman–Crippen MR) is 513 cm³/mol. The van der Waals surface area contributed by atoms with Gasteiger partial charge in [0.15, 0.2) is 0 Å². The van der Waals surface area contributed by atoms with E-state index in [2.05, 4.69) is 205 Å². The molecule has 21 heteroatoms. The Morgan fingerprint density at radius 3 is 1.02 bits per heavy atom. The molecule has 1 aromatic heterocycles. The van der Waals surface area contributed by atoms with E-state index in [-0.39, 0.29) is 56.3 Å². The van der Waals surface area contributed by atoms with Crippen LogP contribution in [0.15, 0.2) is 158 Å². The Hall–Kier alpha value is -8.77. The lowest BCUT2D eigenvalue weighted by molar-refractivity contribution is -0.213. The molecule has 4 aliphatic rings. The minimum absolute atomic E-state index is 0.0376. The van der Waals surface area contributed by atoms with Crippen molar-refractivity contribution in [1.82, 2.24) is 15.0 Å². The van der Waals surface area contributed by atoms with Crippen LogP contribution in [-0.2, 0) is 51.1 Å². The average Bonchev–Trinajstić information content (AvgIpc) is 0.736. The molecule has 2 N–H and O–H groups in total. The van der Waals surface area contributed by atoms with E-state index in [0.29, 0.717) is 105 Å². The molecule has 704 valence electrons. The van der Waals surface area contributed by atoms with Crippen molar-refractivity contribution in [3.63, 3.8) is 0 Å². The van der Waals surface area contributed by atoms with Crippen LogP contribution in [0.4, 0.5) is 11.9 Å². The first-order valence-electron chi connectivity index (χ1n) is 46.4. The van der Waals surface area contributed by atoms with Gasteiger partial charge in [0.05, 0.1) is 26.4 Å². The van der Waals surface area contributed by atoms with E-state index < -0.39 is 0 Å². The molecule has 0 amide bonds. The number of rotatable bonds is 45. The van der Waals surface area contributed by atoms with Gasteiger partial charge in [-0.1, -0.05) is 194 Å². The highest BCUT2D eigenvalue weighted by Crippen LogP contribution is 2.62. The first-order chi connectivity index (χ1) is 61.1. The lowest BCUT2D eigenvalue weighted by Crippen LogP contribution is -2.54. The standard InChI is InChI=1S/C24H39N5O6.C23H32O4.C23H34O2.C16H26O2.2C10H14O/c1-7-19(2)20-9-11-21(12-10-20)34-13-8-14-35-24-26-22(28(15-30-3)16-31-4)25-23(27-24)29(17-32-5)18-33-6;1-6-18(3)19-7-9-22(10-8-19)26-11-12-27-23-20(15-24-4)13-17(2)14-21(23)16-25-5;1-4-16(3)20-6-8-21(9-7-20)25-22(24-5-2)23-13-17-10-18(14-23)12-19(11-17)15-23;1-7-12(2)13-8-10-14(11-9-13)18-15(17-6)16(3,4)5;2*1-3-8(2)9-4-6-10(11)7-5-9/h9-12,19H,7-8,13-18H2,1-6H3;7-10,13-14,18H,6,11-12,15-16H2,1-5H3;6-9,16-19,22H,4-5,10-15H2,1-3H3;8-12,15H,7H2,1-6H3;2*4-8,11H,3H2,1-2H3. The van der Waals surface area contributed by atoms with Crippen molar-refractivity contribution in [2.24, 2.45) is 28.6 Å². The number of hydrogen-bond acceptors (Lipinski definition) is 21. The zero-order valence-corrected chi connectivity index (χ0v) is 81.7. The van der Waals surface area contributed by atoms with Gasteiger partial charge >= 0.3 is 6.01 Å². The van der Waals surface area contributed by atoms with Crippen LogP contribution < -0.4 is 38.2 Å². The quantitative estimate of drug-likeness (QED) is 0.0268. The highest BCUT2D eigenvalue weighted by molar-refractivity contribution is 5.45. The van der Waals surface area contributed by atoms with Crippen LogP contribution >= 0.6 is 0 Å². The molecular weight excluding hydrogens is 1600 g/mol. The first-order valence-corrected chi connectivity index (χ1v) is 46.4. The summed E-state index contributed by atoms with van der Waals surface area (Å²) in [6, 6.07) is 52.9. The van der Waals surface area contributed by atoms with Gasteiger partial charge in [-0.25, -0.2) is 0 Å². The number of aryl methyl sites for hydroxylation is 1. The van der Waals surface area contributed by atoms with Crippen LogP contribution in [0.25, 0.3) is 0 Å². The van der Waals surface area contributed by atoms with Gasteiger partial charge in [0, 0.05) is 84.8 Å². The summed E-state index contributed by atoms with van der Waals surface area (Å²) < 4.78 is 79.2. The molecule has 7 aromatic carbocycles. The summed E-state index contributed by atoms with van der Waals surface area (Å²) in [5, 5.41) is 18.0. The lowest BCUT2D eigenvalue weighted by Gasteiger charge is -2.58. The second kappa shape index (κ2) is 57.3. The highest BCUT2D eigenvalue weighted by atomic mass is 16.7. The number of hydrogen-bond donors (Lipinski definition) is 2. The number of aromatic nitrogens is 3. The zero-order valence-electron chi connectivity index (χ0n) is 81.7. The third-order valence-electron chi connectivity index (χ3n) is 24.4. The van der Waals surface area contributed by atoms with Gasteiger partial charge in [-0.3, -0.25) is 9.80 Å². The molecule has 8 unspecified atom stereocenters. The van der Waals surface area contributed by atoms with Crippen LogP contribution in [0.5, 0.6) is 46.3 Å². The van der Waals surface area contributed by atoms with Crippen molar-refractivity contribution < 1.29 is 76.5 Å². The Morgan fingerprint density at radius 1 is 0.394 bits per heavy atom. The molecule has 4 fully saturated rings. The largest absolute Gasteiger partial charge is 0.508 e. The second-order valence-corrected chi connectivity index (χ2v) is 35.5. The summed E-state index contributed by atoms with van der Waals surface area (Å²) in [7, 11) is 11.4. The maximum atomic E-state index is 9.01. The summed E-state index contributed by atoms with van der Waals surface area (Å²) in [4.78, 5) is 16.8. The molecule has 21 nitrogen and oxygen atoms in total. The second-order valence-electron chi connectivity index (χ2n) is 35.5. The molecule has 0 saturated heterocycles. The van der Waals surface area contributed by atoms with Gasteiger partial charge in [-0.05, 0) is 250 Å². The number of anilines is 2. The van der Waals surface area contributed by atoms with Crippen LogP contribution in [0, 0.1) is 35.5 Å². The van der Waals surface area contributed by atoms with E-state index in [0.717, 1.165) is 96.3 Å². The third-order valence-corrected chi connectivity index (χ3v) is 24.4. The topological polar surface area (TPSA) is 215 Å². The van der Waals surface area contributed by atoms with Crippen molar-refractivity contribution in [3.8, 4) is 46.3 Å². The Balaban J connectivity index is 0.000000245. The molecule has 1 heterocycles. The smallest absolute Gasteiger partial charge is 0.323 e. The van der Waals surface area contributed by atoms with E-state index in [1.165, 1.54) is 83.9 Å². The van der Waals surface area contributed by atoms with E-state index in [9.17, 15) is 0 Å². The Labute approximate surface area is 763 Å². The van der Waals surface area contributed by atoms with Crippen LogP contribution in [0.2, 0.25) is 0 Å². The van der Waals surface area contributed by atoms with Gasteiger partial charge in [0.25, 0.3) is 0 Å². The zero-order chi connectivity index (χ0) is 92.9. The van der Waals surface area contributed by atoms with Crippen LogP contribution in [-0.4, -0.2) is 147 Å². The number of ether oxygens (including phenoxy) is 14. The van der Waals surface area contributed by atoms with Crippen LogP contribution in [0.3, 0.4) is 0 Å². The van der Waals surface area contributed by atoms with Gasteiger partial charge in [-0.15, -0.1) is 0 Å². The monoisotopic (exact) mass is 1760 g/mol. The van der Waals surface area contributed by atoms with Crippen LogP contribution in [0.1, 0.15) is 280 Å². The number of nitrogens with zero attached hydrogens (tertiary/aromatic N) is 5. The maximum absolute atomic E-state index is 9.01. The van der Waals surface area contributed by atoms with Crippen molar-refractivity contribution >= 4 is 11.9 Å². The third kappa shape index (κ3) is 35.9. The minimum atomic E-state index is -0.230. The summed E-state index contributed by atoms with van der Waals surface area (Å²) in [6.07, 6.45) is 15.5. The number of aromatic hydroxyl groups is 2. The van der Waals surface area contributed by atoms with Gasteiger partial charge in [-0.2, -0.15) is 15.0 Å². The van der Waals surface area contributed by atoms with E-state index in [4.69, 9.17) is 76.5 Å². The summed E-state index contributed by atoms with van der Waals surface area (Å²) in [6.45, 7) is 41.5. The van der Waals surface area contributed by atoms with Gasteiger partial charge in [0.2, 0.25) is 24.5 Å². The lowest BCUT2D eigenvalue weighted by atomic mass is 9.49. The maximum Gasteiger partial charge on any atom is 0.323 e.